The summed E-state index contributed by atoms with van der Waals surface area (Å²) in [7, 11) is 0. The predicted molar refractivity (Wildman–Crippen MR) is 71.5 cm³/mol. The van der Waals surface area contributed by atoms with Crippen LogP contribution in [0.15, 0.2) is 64.7 Å². The molecular weight excluding hydrogens is 246 g/mol. The number of carboxylic acids is 1. The normalized spacial score (nSPS) is 10.7. The topological polar surface area (TPSA) is 50.2 Å². The van der Waals surface area contributed by atoms with Crippen LogP contribution in [0.2, 0.25) is 0 Å². The van der Waals surface area contributed by atoms with E-state index in [9.17, 15) is 4.79 Å². The molecule has 90 valence electrons. The van der Waals surface area contributed by atoms with E-state index in [1.54, 1.807) is 18.0 Å². The van der Waals surface area contributed by atoms with Gasteiger partial charge in [0.15, 0.2) is 0 Å². The van der Waals surface area contributed by atoms with Crippen LogP contribution in [0.25, 0.3) is 6.08 Å². The van der Waals surface area contributed by atoms with Crippen LogP contribution in [-0.4, -0.2) is 16.1 Å². The lowest BCUT2D eigenvalue weighted by Gasteiger charge is -2.00. The highest BCUT2D eigenvalue weighted by Crippen LogP contribution is 2.25. The fourth-order valence-electron chi connectivity index (χ4n) is 1.33. The van der Waals surface area contributed by atoms with Crippen LogP contribution in [0.4, 0.5) is 0 Å². The van der Waals surface area contributed by atoms with Crippen molar-refractivity contribution in [1.82, 2.24) is 4.98 Å². The van der Waals surface area contributed by atoms with Gasteiger partial charge in [-0.3, -0.25) is 0 Å². The first kappa shape index (κ1) is 12.4. The maximum atomic E-state index is 10.4. The molecule has 0 saturated heterocycles. The zero-order chi connectivity index (χ0) is 12.8. The van der Waals surface area contributed by atoms with Gasteiger partial charge in [-0.2, -0.15) is 0 Å². The third kappa shape index (κ3) is 3.75. The number of carbonyl (C=O) groups is 1. The van der Waals surface area contributed by atoms with Crippen LogP contribution in [-0.2, 0) is 4.79 Å². The molecule has 0 bridgehead atoms. The van der Waals surface area contributed by atoms with Crippen molar-refractivity contribution in [2.45, 2.75) is 9.92 Å². The number of aromatic nitrogens is 1. The lowest BCUT2D eigenvalue weighted by Crippen LogP contribution is -1.86. The van der Waals surface area contributed by atoms with Gasteiger partial charge in [0, 0.05) is 17.2 Å². The highest BCUT2D eigenvalue weighted by Gasteiger charge is 1.98. The summed E-state index contributed by atoms with van der Waals surface area (Å²) in [6.07, 6.45) is 4.28. The molecule has 3 nitrogen and oxygen atoms in total. The standard InChI is InChI=1S/C14H11NO2S/c16-14(17)9-7-11-6-8-13(15-10-11)18-12-4-2-1-3-5-12/h1-10H,(H,16,17). The number of benzene rings is 1. The van der Waals surface area contributed by atoms with E-state index in [-0.39, 0.29) is 0 Å². The van der Waals surface area contributed by atoms with Crippen molar-refractivity contribution in [2.75, 3.05) is 0 Å². The molecule has 0 amide bonds. The van der Waals surface area contributed by atoms with Gasteiger partial charge in [-0.05, 0) is 29.8 Å². The fourth-order valence-corrected chi connectivity index (χ4v) is 2.10. The van der Waals surface area contributed by atoms with Gasteiger partial charge in [0.25, 0.3) is 0 Å². The minimum Gasteiger partial charge on any atom is -0.478 e. The lowest BCUT2D eigenvalue weighted by molar-refractivity contribution is -0.131. The number of rotatable bonds is 4. The fraction of sp³-hybridized carbons (Fsp3) is 0. The Morgan fingerprint density at radius 1 is 1.17 bits per heavy atom. The third-order valence-electron chi connectivity index (χ3n) is 2.14. The number of carboxylic acid groups (broad SMARTS) is 1. The van der Waals surface area contributed by atoms with Gasteiger partial charge in [0.05, 0.1) is 0 Å². The third-order valence-corrected chi connectivity index (χ3v) is 3.10. The van der Waals surface area contributed by atoms with Crippen molar-refractivity contribution in [3.8, 4) is 0 Å². The minimum atomic E-state index is -0.960. The summed E-state index contributed by atoms with van der Waals surface area (Å²) in [5, 5.41) is 9.40. The van der Waals surface area contributed by atoms with Gasteiger partial charge < -0.3 is 5.11 Å². The van der Waals surface area contributed by atoms with E-state index in [4.69, 9.17) is 5.11 Å². The molecule has 0 atom stereocenters. The smallest absolute Gasteiger partial charge is 0.328 e. The van der Waals surface area contributed by atoms with E-state index in [1.807, 2.05) is 42.5 Å². The van der Waals surface area contributed by atoms with E-state index in [1.165, 1.54) is 6.08 Å². The Balaban J connectivity index is 2.06. The average Bonchev–Trinajstić information content (AvgIpc) is 2.39. The summed E-state index contributed by atoms with van der Waals surface area (Å²) in [6, 6.07) is 13.7. The molecule has 1 aromatic heterocycles. The molecule has 0 aliphatic rings. The molecule has 0 aliphatic carbocycles. The van der Waals surface area contributed by atoms with Gasteiger partial charge in [-0.15, -0.1) is 0 Å². The Hall–Kier alpha value is -2.07. The Labute approximate surface area is 109 Å². The summed E-state index contributed by atoms with van der Waals surface area (Å²) in [5.41, 5.74) is 0.773. The Kier molecular flexibility index (Phi) is 4.15. The van der Waals surface area contributed by atoms with Crippen LogP contribution in [0, 0.1) is 0 Å². The Morgan fingerprint density at radius 2 is 1.94 bits per heavy atom. The van der Waals surface area contributed by atoms with Crippen LogP contribution in [0.1, 0.15) is 5.56 Å². The number of pyridine rings is 1. The molecular formula is C14H11NO2S. The van der Waals surface area contributed by atoms with Gasteiger partial charge in [-0.1, -0.05) is 36.0 Å². The van der Waals surface area contributed by atoms with Crippen molar-refractivity contribution >= 4 is 23.8 Å². The van der Waals surface area contributed by atoms with Gasteiger partial charge in [0.1, 0.15) is 5.03 Å². The average molecular weight is 257 g/mol. The Bertz CT molecular complexity index is 550. The second kappa shape index (κ2) is 6.02. The number of hydrogen-bond donors (Lipinski definition) is 1. The van der Waals surface area contributed by atoms with E-state index < -0.39 is 5.97 Å². The molecule has 0 unspecified atom stereocenters. The molecule has 2 aromatic rings. The van der Waals surface area contributed by atoms with Crippen molar-refractivity contribution < 1.29 is 9.90 Å². The number of nitrogens with zero attached hydrogens (tertiary/aromatic N) is 1. The molecule has 0 aliphatic heterocycles. The van der Waals surface area contributed by atoms with E-state index in [0.717, 1.165) is 21.6 Å². The van der Waals surface area contributed by atoms with Gasteiger partial charge in [-0.25, -0.2) is 9.78 Å². The predicted octanol–water partition coefficient (Wildman–Crippen LogP) is 3.33. The van der Waals surface area contributed by atoms with Crippen molar-refractivity contribution in [3.05, 3.63) is 60.3 Å². The highest BCUT2D eigenvalue weighted by molar-refractivity contribution is 7.99. The second-order valence-electron chi connectivity index (χ2n) is 3.52. The monoisotopic (exact) mass is 257 g/mol. The molecule has 0 saturated carbocycles. The molecule has 18 heavy (non-hydrogen) atoms. The lowest BCUT2D eigenvalue weighted by atomic mass is 10.2. The molecule has 0 spiro atoms. The summed E-state index contributed by atoms with van der Waals surface area (Å²) >= 11 is 1.57. The first-order chi connectivity index (χ1) is 8.74. The minimum absolute atomic E-state index is 0.773. The molecule has 0 radical (unpaired) electrons. The first-order valence-corrected chi connectivity index (χ1v) is 6.16. The van der Waals surface area contributed by atoms with Gasteiger partial charge in [0.2, 0.25) is 0 Å². The summed E-state index contributed by atoms with van der Waals surface area (Å²) < 4.78 is 0. The van der Waals surface area contributed by atoms with E-state index in [2.05, 4.69) is 4.98 Å². The number of hydrogen-bond acceptors (Lipinski definition) is 3. The summed E-state index contributed by atoms with van der Waals surface area (Å²) in [4.78, 5) is 15.8. The van der Waals surface area contributed by atoms with Gasteiger partial charge >= 0.3 is 5.97 Å². The highest BCUT2D eigenvalue weighted by atomic mass is 32.2. The molecule has 2 rings (SSSR count). The second-order valence-corrected chi connectivity index (χ2v) is 4.61. The molecule has 1 aromatic carbocycles. The SMILES string of the molecule is O=C(O)C=Cc1ccc(Sc2ccccc2)nc1. The van der Waals surface area contributed by atoms with Crippen molar-refractivity contribution in [3.63, 3.8) is 0 Å². The molecule has 4 heteroatoms. The largest absolute Gasteiger partial charge is 0.478 e. The first-order valence-electron chi connectivity index (χ1n) is 5.34. The zero-order valence-corrected chi connectivity index (χ0v) is 10.3. The Morgan fingerprint density at radius 3 is 2.56 bits per heavy atom. The molecule has 0 fully saturated rings. The van der Waals surface area contributed by atoms with Crippen molar-refractivity contribution in [1.29, 1.82) is 0 Å². The van der Waals surface area contributed by atoms with Crippen LogP contribution in [0.3, 0.4) is 0 Å². The van der Waals surface area contributed by atoms with Crippen LogP contribution in [0.5, 0.6) is 0 Å². The quantitative estimate of drug-likeness (QED) is 0.853. The van der Waals surface area contributed by atoms with E-state index in [0.29, 0.717) is 0 Å². The summed E-state index contributed by atoms with van der Waals surface area (Å²) in [6.45, 7) is 0. The van der Waals surface area contributed by atoms with Crippen LogP contribution < -0.4 is 0 Å². The summed E-state index contributed by atoms with van der Waals surface area (Å²) in [5.74, 6) is -0.960. The maximum absolute atomic E-state index is 10.4. The molecule has 1 heterocycles. The van der Waals surface area contributed by atoms with Crippen molar-refractivity contribution in [2.24, 2.45) is 0 Å². The zero-order valence-electron chi connectivity index (χ0n) is 9.48. The van der Waals surface area contributed by atoms with E-state index >= 15 is 0 Å². The molecule has 1 N–H and O–H groups in total. The van der Waals surface area contributed by atoms with Crippen LogP contribution >= 0.6 is 11.8 Å². The number of aliphatic carboxylic acids is 1. The maximum Gasteiger partial charge on any atom is 0.328 e.